The van der Waals surface area contributed by atoms with E-state index in [0.29, 0.717) is 26.7 Å². The Morgan fingerprint density at radius 3 is 1.55 bits per heavy atom. The van der Waals surface area contributed by atoms with Crippen LogP contribution in [0.4, 0.5) is 0 Å². The quantitative estimate of drug-likeness (QED) is 0.173. The minimum atomic E-state index is -0.0518. The van der Waals surface area contributed by atoms with Crippen molar-refractivity contribution in [3.8, 4) is 0 Å². The highest BCUT2D eigenvalue weighted by atomic mass is 35.5. The first-order valence-corrected chi connectivity index (χ1v) is 14.7. The van der Waals surface area contributed by atoms with E-state index in [4.69, 9.17) is 23.2 Å². The zero-order valence-corrected chi connectivity index (χ0v) is 24.3. The third-order valence-electron chi connectivity index (χ3n) is 8.39. The van der Waals surface area contributed by atoms with Crippen molar-refractivity contribution in [3.05, 3.63) is 140 Å². The van der Waals surface area contributed by atoms with Crippen molar-refractivity contribution in [3.63, 3.8) is 0 Å². The molecule has 0 unspecified atom stereocenters. The highest BCUT2D eigenvalue weighted by Crippen LogP contribution is 2.31. The van der Waals surface area contributed by atoms with Crippen LogP contribution in [-0.4, -0.2) is 18.8 Å². The first kappa shape index (κ1) is 25.2. The molecule has 0 atom stereocenters. The Hall–Kier alpha value is -5.30. The molecule has 0 spiro atoms. The number of fused-ring (bicyclic) bond motifs is 8. The van der Waals surface area contributed by atoms with E-state index in [1.807, 2.05) is 84.9 Å². The second-order valence-electron chi connectivity index (χ2n) is 10.8. The van der Waals surface area contributed by atoms with Gasteiger partial charge in [0.2, 0.25) is 0 Å². The van der Waals surface area contributed by atoms with Crippen molar-refractivity contribution in [2.45, 2.75) is 0 Å². The van der Waals surface area contributed by atoms with Gasteiger partial charge < -0.3 is 0 Å². The van der Waals surface area contributed by atoms with E-state index in [-0.39, 0.29) is 11.1 Å². The molecule has 0 amide bonds. The highest BCUT2D eigenvalue weighted by Gasteiger charge is 2.17. The van der Waals surface area contributed by atoms with Gasteiger partial charge in [-0.05, 0) is 59.3 Å². The molecule has 0 aliphatic heterocycles. The Labute approximate surface area is 257 Å². The van der Waals surface area contributed by atoms with Crippen LogP contribution >= 0.6 is 23.2 Å². The van der Waals surface area contributed by atoms with Gasteiger partial charge >= 0.3 is 0 Å². The zero-order valence-electron chi connectivity index (χ0n) is 22.8. The van der Waals surface area contributed by atoms with Gasteiger partial charge in [-0.25, -0.2) is 9.97 Å². The van der Waals surface area contributed by atoms with Crippen molar-refractivity contribution < 1.29 is 0 Å². The molecule has 44 heavy (non-hydrogen) atoms. The van der Waals surface area contributed by atoms with Gasteiger partial charge in [0.1, 0.15) is 11.3 Å². The average Bonchev–Trinajstić information content (AvgIpc) is 3.61. The molecule has 0 saturated carbocycles. The van der Waals surface area contributed by atoms with E-state index in [1.54, 1.807) is 33.1 Å². The van der Waals surface area contributed by atoms with Crippen LogP contribution in [0.2, 0.25) is 10.0 Å². The number of nitrogens with zero attached hydrogens (tertiary/aromatic N) is 4. The monoisotopic (exact) mass is 608 g/mol. The molecule has 6 aromatic carbocycles. The number of hydrogen-bond donors (Lipinski definition) is 0. The summed E-state index contributed by atoms with van der Waals surface area (Å²) in [5.74, 6) is 0. The summed E-state index contributed by atoms with van der Waals surface area (Å²) in [7, 11) is 0. The third kappa shape index (κ3) is 3.43. The summed E-state index contributed by atoms with van der Waals surface area (Å²) in [5.41, 5.74) is 4.33. The Morgan fingerprint density at radius 2 is 0.955 bits per heavy atom. The smallest absolute Gasteiger partial charge is 0.264 e. The Morgan fingerprint density at radius 1 is 0.477 bits per heavy atom. The molecule has 0 radical (unpaired) electrons. The second-order valence-corrected chi connectivity index (χ2v) is 11.7. The molecule has 0 saturated heterocycles. The number of halogens is 2. The fourth-order valence-electron chi connectivity index (χ4n) is 6.53. The van der Waals surface area contributed by atoms with Crippen LogP contribution in [-0.2, 0) is 0 Å². The minimum absolute atomic E-state index is 0.0378. The Balaban J connectivity index is 0.000000123. The molecule has 4 heterocycles. The summed E-state index contributed by atoms with van der Waals surface area (Å²) < 4.78 is 3.35. The molecule has 0 fully saturated rings. The standard InChI is InChI=1S/2C18H9ClN2O/c19-11-7-8-15-14(9-11)20-17-12-5-1-3-10-4-2-6-13(16(10)12)18(22)21(15)17;19-11-7-8-14-15(9-11)21-17(20-14)12-5-1-3-10-4-2-6-13(16(10)12)18(21)22/h2*1-9H. The van der Waals surface area contributed by atoms with E-state index in [0.717, 1.165) is 59.8 Å². The molecule has 0 bridgehead atoms. The number of hydrogen-bond acceptors (Lipinski definition) is 4. The summed E-state index contributed by atoms with van der Waals surface area (Å²) in [5, 5.41) is 8.67. The second kappa shape index (κ2) is 9.10. The normalized spacial score (nSPS) is 12.0. The van der Waals surface area contributed by atoms with Gasteiger partial charge in [-0.1, -0.05) is 83.9 Å². The van der Waals surface area contributed by atoms with Crippen molar-refractivity contribution in [1.29, 1.82) is 0 Å². The van der Waals surface area contributed by atoms with E-state index < -0.39 is 0 Å². The lowest BCUT2D eigenvalue weighted by Gasteiger charge is -2.06. The lowest BCUT2D eigenvalue weighted by atomic mass is 10.0. The molecule has 208 valence electrons. The maximum Gasteiger partial charge on any atom is 0.264 e. The van der Waals surface area contributed by atoms with Crippen LogP contribution in [0.15, 0.2) is 119 Å². The van der Waals surface area contributed by atoms with E-state index >= 15 is 0 Å². The lowest BCUT2D eigenvalue weighted by molar-refractivity contribution is 1.19. The van der Waals surface area contributed by atoms with Crippen LogP contribution in [0, 0.1) is 0 Å². The summed E-state index contributed by atoms with van der Waals surface area (Å²) in [4.78, 5) is 35.2. The van der Waals surface area contributed by atoms with Gasteiger partial charge in [0.15, 0.2) is 0 Å². The molecular weight excluding hydrogens is 591 g/mol. The lowest BCUT2D eigenvalue weighted by Crippen LogP contribution is -2.13. The van der Waals surface area contributed by atoms with Crippen molar-refractivity contribution in [1.82, 2.24) is 18.8 Å². The maximum absolute atomic E-state index is 13.0. The molecule has 6 nitrogen and oxygen atoms in total. The fraction of sp³-hybridized carbons (Fsp3) is 0. The Kier molecular flexibility index (Phi) is 5.22. The SMILES string of the molecule is O=c1c2cccc3cccc(c32)c2nc3cc(Cl)ccc3n12.O=c1c2cccc3cccc(c32)c2nc3ccc(Cl)cc3n12. The van der Waals surface area contributed by atoms with Gasteiger partial charge in [-0.15, -0.1) is 0 Å². The van der Waals surface area contributed by atoms with E-state index in [1.165, 1.54) is 0 Å². The predicted octanol–water partition coefficient (Wildman–Crippen LogP) is 8.49. The summed E-state index contributed by atoms with van der Waals surface area (Å²) >= 11 is 12.1. The molecule has 10 rings (SSSR count). The molecule has 0 aliphatic rings. The fourth-order valence-corrected chi connectivity index (χ4v) is 6.86. The topological polar surface area (TPSA) is 68.7 Å². The molecule has 10 aromatic rings. The van der Waals surface area contributed by atoms with Gasteiger partial charge in [0.05, 0.1) is 22.1 Å². The third-order valence-corrected chi connectivity index (χ3v) is 8.86. The summed E-state index contributed by atoms with van der Waals surface area (Å²) in [6, 6.07) is 34.5. The number of aromatic nitrogens is 4. The van der Waals surface area contributed by atoms with Crippen molar-refractivity contribution in [2.75, 3.05) is 0 Å². The van der Waals surface area contributed by atoms with E-state index in [2.05, 4.69) is 9.97 Å². The molecule has 0 aliphatic carbocycles. The first-order valence-electron chi connectivity index (χ1n) is 14.0. The number of pyridine rings is 2. The number of rotatable bonds is 0. The maximum atomic E-state index is 13.0. The van der Waals surface area contributed by atoms with E-state index in [9.17, 15) is 9.59 Å². The molecular formula is C36H18Cl2N4O2. The van der Waals surface area contributed by atoms with Gasteiger partial charge in [-0.2, -0.15) is 0 Å². The Bertz CT molecular complexity index is 2850. The summed E-state index contributed by atoms with van der Waals surface area (Å²) in [6.45, 7) is 0. The highest BCUT2D eigenvalue weighted by molar-refractivity contribution is 6.31. The van der Waals surface area contributed by atoms with Gasteiger partial charge in [0, 0.05) is 42.4 Å². The van der Waals surface area contributed by atoms with Crippen LogP contribution < -0.4 is 11.1 Å². The molecule has 8 heteroatoms. The van der Waals surface area contributed by atoms with Crippen LogP contribution in [0.5, 0.6) is 0 Å². The van der Waals surface area contributed by atoms with Crippen molar-refractivity contribution >= 4 is 99.7 Å². The average molecular weight is 609 g/mol. The van der Waals surface area contributed by atoms with Crippen LogP contribution in [0.3, 0.4) is 0 Å². The van der Waals surface area contributed by atoms with Crippen LogP contribution in [0.1, 0.15) is 0 Å². The molecule has 4 aromatic heterocycles. The largest absolute Gasteiger partial charge is 0.268 e. The van der Waals surface area contributed by atoms with Gasteiger partial charge in [-0.3, -0.25) is 18.4 Å². The number of benzene rings is 6. The summed E-state index contributed by atoms with van der Waals surface area (Å²) in [6.07, 6.45) is 0. The predicted molar refractivity (Wildman–Crippen MR) is 180 cm³/mol. The van der Waals surface area contributed by atoms with Gasteiger partial charge in [0.25, 0.3) is 11.1 Å². The minimum Gasteiger partial charge on any atom is -0.268 e. The van der Waals surface area contributed by atoms with Crippen molar-refractivity contribution in [2.24, 2.45) is 0 Å². The first-order chi connectivity index (χ1) is 21.5. The zero-order chi connectivity index (χ0) is 29.7. The number of imidazole rings is 2. The van der Waals surface area contributed by atoms with Crippen LogP contribution in [0.25, 0.3) is 76.5 Å². The molecule has 0 N–H and O–H groups in total.